The summed E-state index contributed by atoms with van der Waals surface area (Å²) in [7, 11) is 0. The van der Waals surface area contributed by atoms with Crippen LogP contribution in [0.25, 0.3) is 16.2 Å². The summed E-state index contributed by atoms with van der Waals surface area (Å²) in [6, 6.07) is 6.21. The van der Waals surface area contributed by atoms with Gasteiger partial charge in [0.1, 0.15) is 11.5 Å². The molecular formula is C19H20FN3O2S. The van der Waals surface area contributed by atoms with Gasteiger partial charge >= 0.3 is 0 Å². The Kier molecular flexibility index (Phi) is 4.74. The van der Waals surface area contributed by atoms with Crippen molar-refractivity contribution in [3.8, 4) is 11.3 Å². The number of aromatic nitrogens is 2. The van der Waals surface area contributed by atoms with Gasteiger partial charge in [0.15, 0.2) is 4.96 Å². The van der Waals surface area contributed by atoms with E-state index in [9.17, 15) is 9.18 Å². The number of thiazole rings is 1. The zero-order chi connectivity index (χ0) is 18.1. The highest BCUT2D eigenvalue weighted by Crippen LogP contribution is 2.25. The summed E-state index contributed by atoms with van der Waals surface area (Å²) in [5.74, 6) is -0.296. The number of hydrogen-bond acceptors (Lipinski definition) is 4. The van der Waals surface area contributed by atoms with E-state index in [0.717, 1.165) is 35.7 Å². The molecule has 5 nitrogen and oxygen atoms in total. The van der Waals surface area contributed by atoms with E-state index in [4.69, 9.17) is 4.74 Å². The van der Waals surface area contributed by atoms with Crippen molar-refractivity contribution >= 4 is 22.2 Å². The van der Waals surface area contributed by atoms with Crippen molar-refractivity contribution in [1.29, 1.82) is 0 Å². The molecule has 1 aliphatic heterocycles. The van der Waals surface area contributed by atoms with E-state index in [0.29, 0.717) is 18.8 Å². The van der Waals surface area contributed by atoms with Crippen LogP contribution in [0.4, 0.5) is 4.39 Å². The molecule has 1 aromatic carbocycles. The van der Waals surface area contributed by atoms with Crippen molar-refractivity contribution in [3.63, 3.8) is 0 Å². The van der Waals surface area contributed by atoms with Crippen LogP contribution >= 0.6 is 11.3 Å². The summed E-state index contributed by atoms with van der Waals surface area (Å²) in [5, 5.41) is 1.84. The first-order valence-corrected chi connectivity index (χ1v) is 9.67. The molecule has 3 heterocycles. The number of likely N-dealkylation sites (N-methyl/N-ethyl adjacent to an activating group) is 1. The first-order valence-electron chi connectivity index (χ1n) is 8.79. The van der Waals surface area contributed by atoms with E-state index >= 15 is 0 Å². The lowest BCUT2D eigenvalue weighted by atomic mass is 10.2. The van der Waals surface area contributed by atoms with Crippen LogP contribution in [0.15, 0.2) is 35.8 Å². The third-order valence-electron chi connectivity index (χ3n) is 4.69. The molecule has 7 heteroatoms. The fraction of sp³-hybridized carbons (Fsp3) is 0.368. The van der Waals surface area contributed by atoms with E-state index in [-0.39, 0.29) is 17.8 Å². The Bertz CT molecular complexity index is 913. The van der Waals surface area contributed by atoms with E-state index in [1.165, 1.54) is 23.5 Å². The van der Waals surface area contributed by atoms with Crippen LogP contribution in [0.5, 0.6) is 0 Å². The first-order chi connectivity index (χ1) is 12.7. The van der Waals surface area contributed by atoms with Gasteiger partial charge in [-0.1, -0.05) is 0 Å². The molecule has 1 unspecified atom stereocenters. The van der Waals surface area contributed by atoms with Crippen LogP contribution in [-0.4, -0.2) is 46.0 Å². The van der Waals surface area contributed by atoms with Gasteiger partial charge < -0.3 is 9.64 Å². The Labute approximate surface area is 155 Å². The maximum atomic E-state index is 13.1. The Morgan fingerprint density at radius 3 is 2.92 bits per heavy atom. The van der Waals surface area contributed by atoms with Crippen LogP contribution in [0.3, 0.4) is 0 Å². The lowest BCUT2D eigenvalue weighted by Gasteiger charge is -2.23. The molecule has 136 valence electrons. The molecule has 1 aliphatic rings. The van der Waals surface area contributed by atoms with Crippen LogP contribution in [0.2, 0.25) is 0 Å². The Morgan fingerprint density at radius 2 is 2.23 bits per heavy atom. The van der Waals surface area contributed by atoms with Gasteiger partial charge in [-0.3, -0.25) is 9.20 Å². The number of fused-ring (bicyclic) bond motifs is 1. The average molecular weight is 373 g/mol. The number of imidazole rings is 1. The van der Waals surface area contributed by atoms with Gasteiger partial charge in [-0.05, 0) is 44.0 Å². The fourth-order valence-electron chi connectivity index (χ4n) is 3.25. The summed E-state index contributed by atoms with van der Waals surface area (Å²) < 4.78 is 20.6. The highest BCUT2D eigenvalue weighted by Gasteiger charge is 2.24. The molecule has 1 fully saturated rings. The van der Waals surface area contributed by atoms with Gasteiger partial charge in [0.25, 0.3) is 5.91 Å². The number of carbonyl (C=O) groups is 1. The van der Waals surface area contributed by atoms with E-state index in [2.05, 4.69) is 4.98 Å². The lowest BCUT2D eigenvalue weighted by molar-refractivity contribution is 0.0534. The zero-order valence-electron chi connectivity index (χ0n) is 14.5. The highest BCUT2D eigenvalue weighted by molar-refractivity contribution is 7.15. The van der Waals surface area contributed by atoms with Crippen LogP contribution in [-0.2, 0) is 4.74 Å². The number of carbonyl (C=O) groups excluding carboxylic acids is 1. The molecule has 4 rings (SSSR count). The normalized spacial score (nSPS) is 17.1. The first kappa shape index (κ1) is 17.2. The van der Waals surface area contributed by atoms with Crippen molar-refractivity contribution in [1.82, 2.24) is 14.3 Å². The molecule has 0 spiro atoms. The molecule has 0 aliphatic carbocycles. The molecular weight excluding hydrogens is 353 g/mol. The number of rotatable bonds is 5. The quantitative estimate of drug-likeness (QED) is 0.683. The third-order valence-corrected chi connectivity index (χ3v) is 5.53. The second-order valence-corrected chi connectivity index (χ2v) is 7.22. The molecule has 1 amide bonds. The van der Waals surface area contributed by atoms with Crippen LogP contribution < -0.4 is 0 Å². The Hall–Kier alpha value is -2.25. The summed E-state index contributed by atoms with van der Waals surface area (Å²) in [4.78, 5) is 20.2. The van der Waals surface area contributed by atoms with E-state index < -0.39 is 0 Å². The smallest absolute Gasteiger partial charge is 0.271 e. The van der Waals surface area contributed by atoms with Crippen molar-refractivity contribution in [2.45, 2.75) is 25.9 Å². The van der Waals surface area contributed by atoms with Crippen molar-refractivity contribution in [2.24, 2.45) is 0 Å². The number of nitrogens with zero attached hydrogens (tertiary/aromatic N) is 3. The number of benzene rings is 1. The maximum absolute atomic E-state index is 13.1. The second-order valence-electron chi connectivity index (χ2n) is 6.39. The summed E-state index contributed by atoms with van der Waals surface area (Å²) in [6.07, 6.45) is 4.03. The molecule has 0 saturated carbocycles. The van der Waals surface area contributed by atoms with Crippen molar-refractivity contribution in [2.75, 3.05) is 19.7 Å². The third kappa shape index (κ3) is 3.24. The Morgan fingerprint density at radius 1 is 1.42 bits per heavy atom. The summed E-state index contributed by atoms with van der Waals surface area (Å²) in [6.45, 7) is 4.01. The van der Waals surface area contributed by atoms with E-state index in [1.807, 2.05) is 27.8 Å². The second kappa shape index (κ2) is 7.17. The number of halogens is 1. The van der Waals surface area contributed by atoms with Crippen molar-refractivity contribution in [3.05, 3.63) is 47.4 Å². The summed E-state index contributed by atoms with van der Waals surface area (Å²) >= 11 is 1.43. The minimum atomic E-state index is -0.279. The van der Waals surface area contributed by atoms with Gasteiger partial charge in [0.2, 0.25) is 0 Å². The predicted octanol–water partition coefficient (Wildman–Crippen LogP) is 3.84. The number of amides is 1. The van der Waals surface area contributed by atoms with Gasteiger partial charge in [-0.2, -0.15) is 0 Å². The number of ether oxygens (including phenoxy) is 1. The maximum Gasteiger partial charge on any atom is 0.271 e. The average Bonchev–Trinajstić information content (AvgIpc) is 3.36. The van der Waals surface area contributed by atoms with Crippen molar-refractivity contribution < 1.29 is 13.9 Å². The topological polar surface area (TPSA) is 46.8 Å². The standard InChI is InChI=1S/C19H20FN3O2S/c1-2-22(10-15-4-3-9-25-15)18(24)17-12-26-19-21-16(11-23(17)19)13-5-7-14(20)8-6-13/h5-8,11-12,15H,2-4,9-10H2,1H3. The largest absolute Gasteiger partial charge is 0.376 e. The zero-order valence-corrected chi connectivity index (χ0v) is 15.3. The molecule has 2 aromatic heterocycles. The monoisotopic (exact) mass is 373 g/mol. The molecule has 1 saturated heterocycles. The van der Waals surface area contributed by atoms with E-state index in [1.54, 1.807) is 12.1 Å². The molecule has 3 aromatic rings. The highest BCUT2D eigenvalue weighted by atomic mass is 32.1. The predicted molar refractivity (Wildman–Crippen MR) is 99.0 cm³/mol. The Balaban J connectivity index is 1.61. The SMILES string of the molecule is CCN(CC1CCCO1)C(=O)c1csc2nc(-c3ccc(F)cc3)cn12. The fourth-order valence-corrected chi connectivity index (χ4v) is 4.10. The van der Waals surface area contributed by atoms with Gasteiger partial charge in [-0.15, -0.1) is 11.3 Å². The minimum absolute atomic E-state index is 0.0164. The molecule has 1 atom stereocenters. The molecule has 0 N–H and O–H groups in total. The molecule has 0 radical (unpaired) electrons. The lowest BCUT2D eigenvalue weighted by Crippen LogP contribution is -2.37. The molecule has 26 heavy (non-hydrogen) atoms. The molecule has 0 bridgehead atoms. The van der Waals surface area contributed by atoms with Gasteiger partial charge in [0.05, 0.1) is 11.8 Å². The van der Waals surface area contributed by atoms with Gasteiger partial charge in [-0.25, -0.2) is 9.37 Å². The van der Waals surface area contributed by atoms with Crippen LogP contribution in [0.1, 0.15) is 30.3 Å². The minimum Gasteiger partial charge on any atom is -0.376 e. The number of hydrogen-bond donors (Lipinski definition) is 0. The van der Waals surface area contributed by atoms with Crippen LogP contribution in [0, 0.1) is 5.82 Å². The summed E-state index contributed by atoms with van der Waals surface area (Å²) in [5.41, 5.74) is 2.16. The van der Waals surface area contributed by atoms with Gasteiger partial charge in [0, 0.05) is 36.8 Å².